The van der Waals surface area contributed by atoms with Crippen LogP contribution in [0.4, 0.5) is 17.1 Å². The Hall–Kier alpha value is -9.30. The lowest BCUT2D eigenvalue weighted by Gasteiger charge is -2.34. The summed E-state index contributed by atoms with van der Waals surface area (Å²) in [6.45, 7) is 4.85. The number of benzene rings is 12. The van der Waals surface area contributed by atoms with E-state index in [-0.39, 0.29) is 5.41 Å². The van der Waals surface area contributed by atoms with Crippen LogP contribution >= 0.6 is 0 Å². The van der Waals surface area contributed by atoms with E-state index in [1.54, 1.807) is 0 Å². The molecule has 0 aliphatic heterocycles. The van der Waals surface area contributed by atoms with Gasteiger partial charge in [0.1, 0.15) is 0 Å². The molecular formula is C75H49N. The van der Waals surface area contributed by atoms with E-state index in [0.29, 0.717) is 0 Å². The fourth-order valence-corrected chi connectivity index (χ4v) is 15.3. The topological polar surface area (TPSA) is 3.24 Å². The molecule has 12 aromatic rings. The molecule has 0 N–H and O–H groups in total. The zero-order valence-corrected chi connectivity index (χ0v) is 42.3. The van der Waals surface area contributed by atoms with E-state index in [9.17, 15) is 0 Å². The lowest BCUT2D eigenvalue weighted by molar-refractivity contribution is 0.660. The highest BCUT2D eigenvalue weighted by Crippen LogP contribution is 2.66. The van der Waals surface area contributed by atoms with Crippen molar-refractivity contribution in [2.45, 2.75) is 30.1 Å². The van der Waals surface area contributed by atoms with Gasteiger partial charge in [-0.1, -0.05) is 226 Å². The van der Waals surface area contributed by atoms with E-state index in [0.717, 1.165) is 17.1 Å². The third-order valence-corrected chi connectivity index (χ3v) is 18.5. The summed E-state index contributed by atoms with van der Waals surface area (Å²) in [5.74, 6) is 0. The second kappa shape index (κ2) is 14.9. The Labute approximate surface area is 443 Å². The van der Waals surface area contributed by atoms with Gasteiger partial charge in [0.25, 0.3) is 0 Å². The van der Waals surface area contributed by atoms with Crippen LogP contribution in [0.2, 0.25) is 0 Å². The van der Waals surface area contributed by atoms with Gasteiger partial charge in [-0.3, -0.25) is 0 Å². The van der Waals surface area contributed by atoms with Crippen LogP contribution < -0.4 is 4.90 Å². The molecule has 0 aromatic heterocycles. The SMILES string of the molecule is CC1(C)c2cc(-c3ccc4ccccc4c3)ccc2-c2ccc(N(c3ccc4c(c3)C3(c5ccccc5-c5ccccc53)c3ccccc3-4)c3ccc4c(c3)C3(c5ccccc5-c5ccccc53)c3ccccc3-4)cc21. The average Bonchev–Trinajstić information content (AvgIpc) is 4.40. The van der Waals surface area contributed by atoms with Crippen molar-refractivity contribution in [2.24, 2.45) is 0 Å². The van der Waals surface area contributed by atoms with Crippen LogP contribution in [0.5, 0.6) is 0 Å². The molecule has 0 heterocycles. The molecule has 2 spiro atoms. The first-order valence-corrected chi connectivity index (χ1v) is 26.9. The molecule has 0 saturated heterocycles. The summed E-state index contributed by atoms with van der Waals surface area (Å²) in [5, 5.41) is 2.53. The fraction of sp³-hybridized carbons (Fsp3) is 0.0667. The summed E-state index contributed by atoms with van der Waals surface area (Å²) in [6, 6.07) is 99.6. The smallest absolute Gasteiger partial charge is 0.0726 e. The minimum atomic E-state index is -0.480. The Morgan fingerprint density at radius 1 is 0.224 bits per heavy atom. The summed E-state index contributed by atoms with van der Waals surface area (Å²) < 4.78 is 0. The molecule has 0 bridgehead atoms. The molecule has 0 atom stereocenters. The molecule has 0 fully saturated rings. The summed E-state index contributed by atoms with van der Waals surface area (Å²) in [6.07, 6.45) is 0. The van der Waals surface area contributed by atoms with Gasteiger partial charge in [0.2, 0.25) is 0 Å². The number of rotatable bonds is 4. The van der Waals surface area contributed by atoms with Crippen molar-refractivity contribution >= 4 is 27.8 Å². The molecule has 0 radical (unpaired) electrons. The third-order valence-electron chi connectivity index (χ3n) is 18.5. The molecule has 0 saturated carbocycles. The summed E-state index contributed by atoms with van der Waals surface area (Å²) >= 11 is 0. The molecule has 12 aromatic carbocycles. The molecule has 0 amide bonds. The molecule has 1 heteroatoms. The van der Waals surface area contributed by atoms with Crippen LogP contribution in [0.25, 0.3) is 77.5 Å². The minimum Gasteiger partial charge on any atom is -0.310 e. The quantitative estimate of drug-likeness (QED) is 0.170. The van der Waals surface area contributed by atoms with Gasteiger partial charge in [0.05, 0.1) is 10.8 Å². The second-order valence-electron chi connectivity index (χ2n) is 22.2. The van der Waals surface area contributed by atoms with Crippen LogP contribution in [-0.4, -0.2) is 0 Å². The van der Waals surface area contributed by atoms with Crippen molar-refractivity contribution in [3.8, 4) is 66.8 Å². The van der Waals surface area contributed by atoms with Gasteiger partial charge < -0.3 is 4.90 Å². The van der Waals surface area contributed by atoms with Gasteiger partial charge >= 0.3 is 0 Å². The molecular weight excluding hydrogens is 915 g/mol. The van der Waals surface area contributed by atoms with E-state index >= 15 is 0 Å². The van der Waals surface area contributed by atoms with Crippen LogP contribution in [0, 0.1) is 0 Å². The average molecular weight is 964 g/mol. The Balaban J connectivity index is 0.902. The summed E-state index contributed by atoms with van der Waals surface area (Å²) in [4.78, 5) is 2.58. The van der Waals surface area contributed by atoms with Crippen molar-refractivity contribution in [1.29, 1.82) is 0 Å². The maximum absolute atomic E-state index is 2.58. The number of anilines is 3. The molecule has 0 unspecified atom stereocenters. The first-order chi connectivity index (χ1) is 37.4. The Morgan fingerprint density at radius 3 is 0.934 bits per heavy atom. The van der Waals surface area contributed by atoms with E-state index in [4.69, 9.17) is 0 Å². The zero-order chi connectivity index (χ0) is 50.1. The molecule has 354 valence electrons. The largest absolute Gasteiger partial charge is 0.310 e. The fourth-order valence-electron chi connectivity index (χ4n) is 15.3. The molecule has 5 aliphatic rings. The lowest BCUT2D eigenvalue weighted by Crippen LogP contribution is -2.26. The van der Waals surface area contributed by atoms with Gasteiger partial charge in [-0.05, 0) is 182 Å². The number of hydrogen-bond donors (Lipinski definition) is 0. The maximum atomic E-state index is 2.58. The summed E-state index contributed by atoms with van der Waals surface area (Å²) in [7, 11) is 0. The van der Waals surface area contributed by atoms with E-state index < -0.39 is 10.8 Å². The van der Waals surface area contributed by atoms with Crippen LogP contribution in [0.15, 0.2) is 261 Å². The van der Waals surface area contributed by atoms with E-state index in [2.05, 4.69) is 280 Å². The van der Waals surface area contributed by atoms with Crippen LogP contribution in [0.3, 0.4) is 0 Å². The lowest BCUT2D eigenvalue weighted by atomic mass is 9.70. The van der Waals surface area contributed by atoms with Crippen LogP contribution in [-0.2, 0) is 16.2 Å². The predicted octanol–water partition coefficient (Wildman–Crippen LogP) is 19.0. The van der Waals surface area contributed by atoms with Crippen molar-refractivity contribution < 1.29 is 0 Å². The van der Waals surface area contributed by atoms with Gasteiger partial charge in [0.15, 0.2) is 0 Å². The highest BCUT2D eigenvalue weighted by molar-refractivity contribution is 5.99. The maximum Gasteiger partial charge on any atom is 0.0726 e. The monoisotopic (exact) mass is 963 g/mol. The van der Waals surface area contributed by atoms with Gasteiger partial charge in [0, 0.05) is 22.5 Å². The third kappa shape index (κ3) is 5.20. The normalized spacial score (nSPS) is 15.0. The predicted molar refractivity (Wildman–Crippen MR) is 314 cm³/mol. The number of hydrogen-bond acceptors (Lipinski definition) is 1. The number of nitrogens with zero attached hydrogens (tertiary/aromatic N) is 1. The van der Waals surface area contributed by atoms with Gasteiger partial charge in [-0.2, -0.15) is 0 Å². The van der Waals surface area contributed by atoms with Crippen molar-refractivity contribution in [1.82, 2.24) is 0 Å². The number of fused-ring (bicyclic) bond motifs is 24. The summed E-state index contributed by atoms with van der Waals surface area (Å²) in [5.41, 5.74) is 31.2. The zero-order valence-electron chi connectivity index (χ0n) is 42.3. The molecule has 17 rings (SSSR count). The first-order valence-electron chi connectivity index (χ1n) is 26.9. The van der Waals surface area contributed by atoms with Crippen LogP contribution in [0.1, 0.15) is 69.5 Å². The van der Waals surface area contributed by atoms with E-state index in [1.165, 1.54) is 133 Å². The highest BCUT2D eigenvalue weighted by atomic mass is 15.1. The van der Waals surface area contributed by atoms with Crippen molar-refractivity contribution in [3.63, 3.8) is 0 Å². The standard InChI is InChI=1S/C75H49N/c1-73(2)69-42-49(48-32-31-46-17-3-4-18-47(46)41-48)33-37-59(69)60-38-34-50(43-70(60)73)76(51-35-39-61-57-23-9-15-29-67(57)74(71(61)44-51)63-25-11-5-19-53(63)54-20-6-12-26-64(54)74)52-36-40-62-58-24-10-16-30-68(58)75(72(62)45-52)65-27-13-7-21-55(65)56-22-8-14-28-66(56)75/h3-45H,1-2H3. The van der Waals surface area contributed by atoms with Gasteiger partial charge in [-0.25, -0.2) is 0 Å². The highest BCUT2D eigenvalue weighted by Gasteiger charge is 2.53. The van der Waals surface area contributed by atoms with E-state index in [1.807, 2.05) is 0 Å². The van der Waals surface area contributed by atoms with Gasteiger partial charge in [-0.15, -0.1) is 0 Å². The van der Waals surface area contributed by atoms with Crippen molar-refractivity contribution in [2.75, 3.05) is 4.90 Å². The first kappa shape index (κ1) is 42.1. The molecule has 76 heavy (non-hydrogen) atoms. The minimum absolute atomic E-state index is 0.263. The Kier molecular flexibility index (Phi) is 8.27. The Bertz CT molecular complexity index is 4210. The van der Waals surface area contributed by atoms with Crippen molar-refractivity contribution in [3.05, 3.63) is 316 Å². The second-order valence-corrected chi connectivity index (χ2v) is 22.2. The Morgan fingerprint density at radius 2 is 0.513 bits per heavy atom. The molecule has 5 aliphatic carbocycles. The molecule has 1 nitrogen and oxygen atoms in total.